The van der Waals surface area contributed by atoms with Gasteiger partial charge in [-0.1, -0.05) is 46.3 Å². The van der Waals surface area contributed by atoms with Crippen LogP contribution in [0.25, 0.3) is 0 Å². The van der Waals surface area contributed by atoms with Crippen molar-refractivity contribution >= 4 is 15.9 Å². The number of ether oxygens (including phenoxy) is 2. The molecule has 0 saturated heterocycles. The monoisotopic (exact) mass is 348 g/mol. The maximum Gasteiger partial charge on any atom is 0.162 e. The van der Waals surface area contributed by atoms with Crippen LogP contribution in [0, 0.1) is 0 Å². The first kappa shape index (κ1) is 14.4. The van der Waals surface area contributed by atoms with Gasteiger partial charge in [-0.2, -0.15) is 0 Å². The van der Waals surface area contributed by atoms with Crippen LogP contribution in [0.15, 0.2) is 46.9 Å². The van der Waals surface area contributed by atoms with Gasteiger partial charge >= 0.3 is 0 Å². The average molecular weight is 349 g/mol. The van der Waals surface area contributed by atoms with E-state index in [2.05, 4.69) is 15.9 Å². The summed E-state index contributed by atoms with van der Waals surface area (Å²) in [6.45, 7) is 1.30. The van der Waals surface area contributed by atoms with Crippen molar-refractivity contribution in [2.45, 2.75) is 18.9 Å². The third-order valence-corrected chi connectivity index (χ3v) is 4.18. The predicted octanol–water partition coefficient (Wildman–Crippen LogP) is 3.89. The Morgan fingerprint density at radius 2 is 1.71 bits per heavy atom. The molecule has 2 aromatic rings. The lowest BCUT2D eigenvalue weighted by molar-refractivity contribution is 0.177. The third kappa shape index (κ3) is 3.39. The highest BCUT2D eigenvalue weighted by Gasteiger charge is 2.18. The molecule has 1 atom stereocenters. The molecule has 0 bridgehead atoms. The summed E-state index contributed by atoms with van der Waals surface area (Å²) in [5, 5.41) is 10.5. The van der Waals surface area contributed by atoms with Gasteiger partial charge in [0, 0.05) is 17.3 Å². The molecule has 4 heteroatoms. The molecule has 3 rings (SSSR count). The van der Waals surface area contributed by atoms with Crippen LogP contribution >= 0.6 is 15.9 Å². The molecule has 2 aromatic carbocycles. The molecular formula is C17H17BrO3. The second-order valence-corrected chi connectivity index (χ2v) is 5.93. The summed E-state index contributed by atoms with van der Waals surface area (Å²) in [5.41, 5.74) is 1.92. The lowest BCUT2D eigenvalue weighted by Crippen LogP contribution is -2.04. The molecule has 0 saturated carbocycles. The van der Waals surface area contributed by atoms with Gasteiger partial charge in [0.25, 0.3) is 0 Å². The zero-order valence-corrected chi connectivity index (χ0v) is 13.2. The first-order chi connectivity index (χ1) is 10.2. The van der Waals surface area contributed by atoms with Crippen molar-refractivity contribution in [2.75, 3.05) is 13.2 Å². The minimum absolute atomic E-state index is 0.569. The molecule has 21 heavy (non-hydrogen) atoms. The van der Waals surface area contributed by atoms with Crippen LogP contribution in [-0.4, -0.2) is 18.3 Å². The lowest BCUT2D eigenvalue weighted by atomic mass is 10.0. The molecular weight excluding hydrogens is 332 g/mol. The van der Waals surface area contributed by atoms with Crippen LogP contribution in [0.1, 0.15) is 23.7 Å². The van der Waals surface area contributed by atoms with Gasteiger partial charge in [0.05, 0.1) is 19.3 Å². The number of fused-ring (bicyclic) bond motifs is 1. The number of hydrogen-bond acceptors (Lipinski definition) is 3. The van der Waals surface area contributed by atoms with Crippen LogP contribution in [0.3, 0.4) is 0 Å². The summed E-state index contributed by atoms with van der Waals surface area (Å²) in [4.78, 5) is 0. The zero-order valence-electron chi connectivity index (χ0n) is 11.6. The minimum Gasteiger partial charge on any atom is -0.490 e. The number of hydrogen-bond donors (Lipinski definition) is 1. The van der Waals surface area contributed by atoms with Crippen molar-refractivity contribution in [2.24, 2.45) is 0 Å². The fraction of sp³-hybridized carbons (Fsp3) is 0.294. The SMILES string of the molecule is OC(Cc1ccccc1)c1cc2c(cc1Br)OCCCO2. The molecule has 1 aliphatic rings. The molecule has 0 aromatic heterocycles. The van der Waals surface area contributed by atoms with E-state index in [1.165, 1.54) is 0 Å². The summed E-state index contributed by atoms with van der Waals surface area (Å²) in [7, 11) is 0. The van der Waals surface area contributed by atoms with E-state index in [1.807, 2.05) is 42.5 Å². The van der Waals surface area contributed by atoms with Gasteiger partial charge in [0.15, 0.2) is 11.5 Å². The van der Waals surface area contributed by atoms with Gasteiger partial charge in [0.1, 0.15) is 0 Å². The third-order valence-electron chi connectivity index (χ3n) is 3.50. The highest BCUT2D eigenvalue weighted by molar-refractivity contribution is 9.10. The van der Waals surface area contributed by atoms with E-state index in [0.29, 0.717) is 25.4 Å². The van der Waals surface area contributed by atoms with Gasteiger partial charge in [-0.25, -0.2) is 0 Å². The van der Waals surface area contributed by atoms with E-state index in [0.717, 1.165) is 27.8 Å². The topological polar surface area (TPSA) is 38.7 Å². The molecule has 1 aliphatic heterocycles. The second-order valence-electron chi connectivity index (χ2n) is 5.08. The lowest BCUT2D eigenvalue weighted by Gasteiger charge is -2.16. The smallest absolute Gasteiger partial charge is 0.162 e. The van der Waals surface area contributed by atoms with Crippen molar-refractivity contribution in [3.8, 4) is 11.5 Å². The second kappa shape index (κ2) is 6.50. The summed E-state index contributed by atoms with van der Waals surface area (Å²) in [6.07, 6.45) is 0.853. The van der Waals surface area contributed by atoms with E-state index in [-0.39, 0.29) is 0 Å². The molecule has 0 spiro atoms. The largest absolute Gasteiger partial charge is 0.490 e. The minimum atomic E-state index is -0.584. The number of rotatable bonds is 3. The normalized spacial score (nSPS) is 15.3. The summed E-state index contributed by atoms with van der Waals surface area (Å²) in [5.74, 6) is 1.44. The van der Waals surface area contributed by atoms with Crippen molar-refractivity contribution in [1.29, 1.82) is 0 Å². The fourth-order valence-corrected chi connectivity index (χ4v) is 2.99. The molecule has 110 valence electrons. The van der Waals surface area contributed by atoms with Crippen molar-refractivity contribution < 1.29 is 14.6 Å². The standard InChI is InChI=1S/C17H17BrO3/c18-14-11-17-16(20-7-4-8-21-17)10-13(14)15(19)9-12-5-2-1-3-6-12/h1-3,5-6,10-11,15,19H,4,7-9H2. The quantitative estimate of drug-likeness (QED) is 0.914. The maximum atomic E-state index is 10.5. The predicted molar refractivity (Wildman–Crippen MR) is 84.9 cm³/mol. The van der Waals surface area contributed by atoms with Gasteiger partial charge in [-0.05, 0) is 23.3 Å². The van der Waals surface area contributed by atoms with Gasteiger partial charge in [0.2, 0.25) is 0 Å². The molecule has 0 fully saturated rings. The highest BCUT2D eigenvalue weighted by atomic mass is 79.9. The van der Waals surface area contributed by atoms with Crippen LogP contribution < -0.4 is 9.47 Å². The first-order valence-electron chi connectivity index (χ1n) is 7.05. The average Bonchev–Trinajstić information content (AvgIpc) is 2.72. The Balaban J connectivity index is 1.86. The van der Waals surface area contributed by atoms with E-state index in [9.17, 15) is 5.11 Å². The summed E-state index contributed by atoms with van der Waals surface area (Å²) in [6, 6.07) is 13.7. The molecule has 1 heterocycles. The van der Waals surface area contributed by atoms with E-state index >= 15 is 0 Å². The Morgan fingerprint density at radius 1 is 1.05 bits per heavy atom. The van der Waals surface area contributed by atoms with Gasteiger partial charge in [-0.3, -0.25) is 0 Å². The first-order valence-corrected chi connectivity index (χ1v) is 7.84. The fourth-order valence-electron chi connectivity index (χ4n) is 2.40. The number of aliphatic hydroxyl groups excluding tert-OH is 1. The van der Waals surface area contributed by atoms with Crippen molar-refractivity contribution in [1.82, 2.24) is 0 Å². The number of aliphatic hydroxyl groups is 1. The van der Waals surface area contributed by atoms with Crippen molar-refractivity contribution in [3.05, 3.63) is 58.1 Å². The highest BCUT2D eigenvalue weighted by Crippen LogP contribution is 2.38. The van der Waals surface area contributed by atoms with E-state index in [1.54, 1.807) is 0 Å². The Labute approximate surface area is 132 Å². The maximum absolute atomic E-state index is 10.5. The Morgan fingerprint density at radius 3 is 2.43 bits per heavy atom. The Kier molecular flexibility index (Phi) is 4.46. The number of halogens is 1. The molecule has 0 radical (unpaired) electrons. The Hall–Kier alpha value is -1.52. The number of benzene rings is 2. The molecule has 1 unspecified atom stereocenters. The summed E-state index contributed by atoms with van der Waals surface area (Å²) >= 11 is 3.52. The van der Waals surface area contributed by atoms with E-state index < -0.39 is 6.10 Å². The summed E-state index contributed by atoms with van der Waals surface area (Å²) < 4.78 is 12.2. The van der Waals surface area contributed by atoms with Crippen LogP contribution in [0.5, 0.6) is 11.5 Å². The Bertz CT molecular complexity index is 613. The van der Waals surface area contributed by atoms with Gasteiger partial charge < -0.3 is 14.6 Å². The van der Waals surface area contributed by atoms with Crippen LogP contribution in [-0.2, 0) is 6.42 Å². The van der Waals surface area contributed by atoms with Crippen LogP contribution in [0.4, 0.5) is 0 Å². The van der Waals surface area contributed by atoms with Crippen LogP contribution in [0.2, 0.25) is 0 Å². The molecule has 0 amide bonds. The van der Waals surface area contributed by atoms with Crippen molar-refractivity contribution in [3.63, 3.8) is 0 Å². The molecule has 1 N–H and O–H groups in total. The zero-order chi connectivity index (χ0) is 14.7. The molecule has 0 aliphatic carbocycles. The van der Waals surface area contributed by atoms with E-state index in [4.69, 9.17) is 9.47 Å². The molecule has 3 nitrogen and oxygen atoms in total. The van der Waals surface area contributed by atoms with Gasteiger partial charge in [-0.15, -0.1) is 0 Å².